The molecule has 0 radical (unpaired) electrons. The highest BCUT2D eigenvalue weighted by Crippen LogP contribution is 2.27. The van der Waals surface area contributed by atoms with Gasteiger partial charge in [-0.05, 0) is 71.5 Å². The molecule has 0 aromatic heterocycles. The van der Waals surface area contributed by atoms with Crippen molar-refractivity contribution in [3.8, 4) is 0 Å². The molecule has 4 nitrogen and oxygen atoms in total. The van der Waals surface area contributed by atoms with Gasteiger partial charge >= 0.3 is 17.1 Å². The zero-order valence-corrected chi connectivity index (χ0v) is 25.3. The molecule has 0 rings (SSSR count). The molecule has 0 saturated heterocycles. The maximum absolute atomic E-state index is 6.75. The SMILES string of the molecule is C.C.C.C.C.C.C.C.C.CCCCCCCC[Si](C)(O[Si](C)(C)C)O[Si](C)(C)O[SiH](C)O[Si](C)(C)C. The van der Waals surface area contributed by atoms with E-state index >= 15 is 0 Å². The number of unbranched alkanes of at least 4 members (excludes halogenated alkanes) is 5. The molecule has 0 heterocycles. The van der Waals surface area contributed by atoms with Gasteiger partial charge in [-0.1, -0.05) is 112 Å². The summed E-state index contributed by atoms with van der Waals surface area (Å²) in [5.74, 6) is 0. The summed E-state index contributed by atoms with van der Waals surface area (Å²) >= 11 is 0. The van der Waals surface area contributed by atoms with E-state index in [2.05, 4.69) is 72.4 Å². The first-order valence-electron chi connectivity index (χ1n) is 10.8. The van der Waals surface area contributed by atoms with Crippen molar-refractivity contribution >= 4 is 43.0 Å². The highest BCUT2D eigenvalue weighted by Gasteiger charge is 2.43. The van der Waals surface area contributed by atoms with Gasteiger partial charge in [0.1, 0.15) is 0 Å². The molecule has 0 saturated carbocycles. The van der Waals surface area contributed by atoms with Crippen molar-refractivity contribution in [1.82, 2.24) is 0 Å². The summed E-state index contributed by atoms with van der Waals surface area (Å²) in [4.78, 5) is 0. The van der Waals surface area contributed by atoms with Crippen LogP contribution in [0.25, 0.3) is 0 Å². The molecule has 0 N–H and O–H groups in total. The topological polar surface area (TPSA) is 36.9 Å². The predicted octanol–water partition coefficient (Wildman–Crippen LogP) is 12.4. The van der Waals surface area contributed by atoms with Crippen LogP contribution in [-0.4, -0.2) is 43.0 Å². The third kappa shape index (κ3) is 39.4. The van der Waals surface area contributed by atoms with Crippen molar-refractivity contribution in [2.75, 3.05) is 0 Å². The van der Waals surface area contributed by atoms with Crippen LogP contribution in [0.1, 0.15) is 112 Å². The molecule has 0 aliphatic carbocycles. The van der Waals surface area contributed by atoms with E-state index in [9.17, 15) is 0 Å². The molecule has 9 heteroatoms. The smallest absolute Gasteiger partial charge is 0.315 e. The van der Waals surface area contributed by atoms with Crippen LogP contribution >= 0.6 is 0 Å². The van der Waals surface area contributed by atoms with E-state index < -0.39 is 43.0 Å². The van der Waals surface area contributed by atoms with E-state index in [-0.39, 0.29) is 66.8 Å². The van der Waals surface area contributed by atoms with Crippen molar-refractivity contribution in [3.63, 3.8) is 0 Å². The molecule has 36 heavy (non-hydrogen) atoms. The quantitative estimate of drug-likeness (QED) is 0.136. The van der Waals surface area contributed by atoms with Crippen LogP contribution in [0, 0.1) is 0 Å². The largest absolute Gasteiger partial charge is 0.439 e. The average Bonchev–Trinajstić information content (AvgIpc) is 2.36. The fourth-order valence-electron chi connectivity index (χ4n) is 3.46. The second-order valence-corrected chi connectivity index (χ2v) is 29.0. The Hall–Kier alpha value is 0.924. The normalized spacial score (nSPS) is 12.8. The van der Waals surface area contributed by atoms with Crippen LogP contribution in [0.15, 0.2) is 0 Å². The highest BCUT2D eigenvalue weighted by molar-refractivity contribution is 6.88. The van der Waals surface area contributed by atoms with Gasteiger partial charge in [-0.15, -0.1) is 0 Å². The van der Waals surface area contributed by atoms with Gasteiger partial charge in [-0.25, -0.2) is 0 Å². The van der Waals surface area contributed by atoms with Crippen LogP contribution in [0.4, 0.5) is 0 Å². The van der Waals surface area contributed by atoms with Crippen LogP contribution in [0.5, 0.6) is 0 Å². The fraction of sp³-hybridized carbons (Fsp3) is 1.00. The van der Waals surface area contributed by atoms with Gasteiger partial charge in [-0.2, -0.15) is 0 Å². The standard InChI is InChI=1S/C18H48O4Si5.9CH4/c1-12-13-14-15-16-17-18-27(11,21-25(6,7)8)22-26(9,10)20-23(2)19-24(3,4)5;;;;;;;;;/h23H,12-18H2,1-11H3;9*1H4. The summed E-state index contributed by atoms with van der Waals surface area (Å²) in [7, 11) is -9.39. The van der Waals surface area contributed by atoms with Crippen molar-refractivity contribution < 1.29 is 16.5 Å². The van der Waals surface area contributed by atoms with Gasteiger partial charge in [-0.3, -0.25) is 0 Å². The molecule has 0 fully saturated rings. The monoisotopic (exact) mass is 613 g/mol. The molecule has 0 aliphatic heterocycles. The minimum atomic E-state index is -2.26. The van der Waals surface area contributed by atoms with E-state index in [0.29, 0.717) is 0 Å². The molecule has 0 spiro atoms. The molecule has 0 aliphatic rings. The predicted molar refractivity (Wildman–Crippen MR) is 192 cm³/mol. The first kappa shape index (κ1) is 65.7. The van der Waals surface area contributed by atoms with Gasteiger partial charge in [0.15, 0.2) is 16.6 Å². The molecule has 0 aromatic rings. The molecule has 2 unspecified atom stereocenters. The maximum atomic E-state index is 6.75. The van der Waals surface area contributed by atoms with Crippen LogP contribution in [-0.2, 0) is 16.5 Å². The van der Waals surface area contributed by atoms with Crippen molar-refractivity contribution in [1.29, 1.82) is 0 Å². The summed E-state index contributed by atoms with van der Waals surface area (Å²) in [5, 5.41) is 0. The third-order valence-corrected chi connectivity index (χ3v) is 20.8. The Morgan fingerprint density at radius 1 is 0.500 bits per heavy atom. The first-order valence-corrected chi connectivity index (χ1v) is 25.1. The Bertz CT molecular complexity index is 414. The van der Waals surface area contributed by atoms with Crippen LogP contribution in [0.2, 0.25) is 71.5 Å². The lowest BCUT2D eigenvalue weighted by atomic mass is 10.1. The van der Waals surface area contributed by atoms with Crippen LogP contribution < -0.4 is 0 Å². The van der Waals surface area contributed by atoms with Crippen LogP contribution in [0.3, 0.4) is 0 Å². The number of rotatable bonds is 15. The van der Waals surface area contributed by atoms with E-state index in [4.69, 9.17) is 16.5 Å². The van der Waals surface area contributed by atoms with Gasteiger partial charge in [0.25, 0.3) is 9.28 Å². The summed E-state index contributed by atoms with van der Waals surface area (Å²) in [6.07, 6.45) is 7.83. The van der Waals surface area contributed by atoms with E-state index in [1.165, 1.54) is 38.5 Å². The fourth-order valence-corrected chi connectivity index (χ4v) is 23.5. The molecule has 0 bridgehead atoms. The van der Waals surface area contributed by atoms with E-state index in [1.54, 1.807) is 0 Å². The Morgan fingerprint density at radius 3 is 1.25 bits per heavy atom. The Morgan fingerprint density at radius 2 is 0.889 bits per heavy atom. The zero-order chi connectivity index (χ0) is 21.4. The maximum Gasteiger partial charge on any atom is 0.315 e. The molecular weight excluding hydrogens is 529 g/mol. The Kier molecular flexibility index (Phi) is 52.8. The summed E-state index contributed by atoms with van der Waals surface area (Å²) < 4.78 is 26.1. The molecule has 236 valence electrons. The second-order valence-electron chi connectivity index (χ2n) is 10.3. The molecule has 0 amide bonds. The minimum absolute atomic E-state index is 0. The summed E-state index contributed by atoms with van der Waals surface area (Å²) in [5.41, 5.74) is 0. The summed E-state index contributed by atoms with van der Waals surface area (Å²) in [6.45, 7) is 24.5. The lowest BCUT2D eigenvalue weighted by Crippen LogP contribution is -2.56. The molecular formula is C27H84O4Si5. The van der Waals surface area contributed by atoms with Crippen molar-refractivity contribution in [2.24, 2.45) is 0 Å². The Balaban J connectivity index is -0.0000000939. The highest BCUT2D eigenvalue weighted by atomic mass is 28.5. The van der Waals surface area contributed by atoms with Gasteiger partial charge in [0.2, 0.25) is 0 Å². The number of hydrogen-bond acceptors (Lipinski definition) is 4. The lowest BCUT2D eigenvalue weighted by molar-refractivity contribution is 0.305. The molecule has 2 atom stereocenters. The average molecular weight is 613 g/mol. The first-order chi connectivity index (χ1) is 12.1. The second kappa shape index (κ2) is 28.9. The molecule has 0 aromatic carbocycles. The summed E-state index contributed by atoms with van der Waals surface area (Å²) in [6, 6.07) is 1.08. The van der Waals surface area contributed by atoms with Crippen molar-refractivity contribution in [2.45, 2.75) is 184 Å². The van der Waals surface area contributed by atoms with Gasteiger partial charge in [0.05, 0.1) is 0 Å². The minimum Gasteiger partial charge on any atom is -0.439 e. The number of hydrogen-bond donors (Lipinski definition) is 0. The van der Waals surface area contributed by atoms with E-state index in [1.807, 2.05) is 0 Å². The third-order valence-electron chi connectivity index (χ3n) is 3.94. The van der Waals surface area contributed by atoms with Gasteiger partial charge < -0.3 is 16.5 Å². The van der Waals surface area contributed by atoms with Crippen molar-refractivity contribution in [3.05, 3.63) is 0 Å². The lowest BCUT2D eigenvalue weighted by Gasteiger charge is -2.40. The Labute approximate surface area is 242 Å². The zero-order valence-electron chi connectivity index (χ0n) is 20.2. The van der Waals surface area contributed by atoms with E-state index in [0.717, 1.165) is 6.04 Å². The van der Waals surface area contributed by atoms with Gasteiger partial charge in [0, 0.05) is 0 Å².